The normalized spacial score (nSPS) is 16.2. The van der Waals surface area contributed by atoms with Crippen LogP contribution in [-0.4, -0.2) is 75.4 Å². The van der Waals surface area contributed by atoms with Gasteiger partial charge in [0.25, 0.3) is 5.56 Å². The number of amides is 1. The van der Waals surface area contributed by atoms with Gasteiger partial charge >= 0.3 is 5.97 Å². The molecule has 2 fully saturated rings. The lowest BCUT2D eigenvalue weighted by atomic mass is 10.1. The van der Waals surface area contributed by atoms with Crippen LogP contribution in [0.1, 0.15) is 29.2 Å². The van der Waals surface area contributed by atoms with E-state index in [1.54, 1.807) is 16.9 Å². The number of halogens is 1. The zero-order valence-electron chi connectivity index (χ0n) is 20.0. The van der Waals surface area contributed by atoms with Crippen LogP contribution in [0.2, 0.25) is 0 Å². The van der Waals surface area contributed by atoms with Crippen molar-refractivity contribution in [1.82, 2.24) is 19.4 Å². The van der Waals surface area contributed by atoms with E-state index < -0.39 is 17.2 Å². The number of aromatic nitrogens is 3. The minimum atomic E-state index is -1.33. The summed E-state index contributed by atoms with van der Waals surface area (Å²) >= 11 is 1.26. The average molecular weight is 529 g/mol. The smallest absolute Gasteiger partial charge is 0.341 e. The predicted molar refractivity (Wildman–Crippen MR) is 137 cm³/mol. The van der Waals surface area contributed by atoms with Gasteiger partial charge in [-0.1, -0.05) is 11.8 Å². The third-order valence-electron chi connectivity index (χ3n) is 6.53. The van der Waals surface area contributed by atoms with Crippen LogP contribution >= 0.6 is 11.8 Å². The Labute approximate surface area is 214 Å². The molecule has 1 saturated carbocycles. The van der Waals surface area contributed by atoms with Gasteiger partial charge in [0.05, 0.1) is 17.7 Å². The van der Waals surface area contributed by atoms with E-state index in [0.29, 0.717) is 42.5 Å². The monoisotopic (exact) mass is 528 g/mol. The standard InChI is InChI=1S/C24H25FN6O5S/c1-37-24-27-19(10-20(32)28-24)26-21(33)12-29-4-6-30(7-5-29)18-9-17-14(8-16(18)25)22(34)15(23(35)36)11-31(17)13-2-3-13/h8-11,13H,2-7,12H2,1H3,(H,35,36)(H2,26,27,28,32,33). The Morgan fingerprint density at radius 3 is 2.57 bits per heavy atom. The van der Waals surface area contributed by atoms with E-state index in [1.807, 2.05) is 9.80 Å². The molecule has 3 N–H and O–H groups in total. The first kappa shape index (κ1) is 25.0. The second kappa shape index (κ2) is 9.98. The summed E-state index contributed by atoms with van der Waals surface area (Å²) in [7, 11) is 0. The third-order valence-corrected chi connectivity index (χ3v) is 7.11. The molecular formula is C24H25FN6O5S. The third kappa shape index (κ3) is 5.23. The number of H-pyrrole nitrogens is 1. The molecular weight excluding hydrogens is 503 g/mol. The molecule has 0 atom stereocenters. The number of fused-ring (bicyclic) bond motifs is 1. The first-order valence-corrected chi connectivity index (χ1v) is 13.0. The topological polar surface area (TPSA) is 141 Å². The first-order chi connectivity index (χ1) is 17.7. The van der Waals surface area contributed by atoms with Gasteiger partial charge in [0.1, 0.15) is 17.2 Å². The Hall–Kier alpha value is -3.71. The largest absolute Gasteiger partial charge is 0.477 e. The number of aromatic carboxylic acids is 1. The van der Waals surface area contributed by atoms with Crippen molar-refractivity contribution < 1.29 is 19.1 Å². The van der Waals surface area contributed by atoms with E-state index in [1.165, 1.54) is 24.0 Å². The molecule has 1 saturated heterocycles. The number of anilines is 2. The summed E-state index contributed by atoms with van der Waals surface area (Å²) in [6.45, 7) is 2.00. The maximum absolute atomic E-state index is 15.2. The summed E-state index contributed by atoms with van der Waals surface area (Å²) < 4.78 is 16.9. The van der Waals surface area contributed by atoms with Crippen molar-refractivity contribution in [3.63, 3.8) is 0 Å². The fraction of sp³-hybridized carbons (Fsp3) is 0.375. The molecule has 13 heteroatoms. The molecule has 0 spiro atoms. The minimum Gasteiger partial charge on any atom is -0.477 e. The van der Waals surface area contributed by atoms with E-state index >= 15 is 4.39 Å². The summed E-state index contributed by atoms with van der Waals surface area (Å²) in [5, 5.41) is 12.5. The van der Waals surface area contributed by atoms with Crippen molar-refractivity contribution >= 4 is 46.0 Å². The van der Waals surface area contributed by atoms with E-state index in [4.69, 9.17) is 0 Å². The number of carbonyl (C=O) groups is 2. The fourth-order valence-electron chi connectivity index (χ4n) is 4.54. The number of hydrogen-bond acceptors (Lipinski definition) is 8. The van der Waals surface area contributed by atoms with Crippen LogP contribution in [0.3, 0.4) is 0 Å². The highest BCUT2D eigenvalue weighted by Crippen LogP contribution is 2.38. The van der Waals surface area contributed by atoms with Crippen LogP contribution in [0.4, 0.5) is 15.9 Å². The van der Waals surface area contributed by atoms with Crippen molar-refractivity contribution in [2.75, 3.05) is 49.2 Å². The Kier molecular flexibility index (Phi) is 6.73. The van der Waals surface area contributed by atoms with E-state index in [0.717, 1.165) is 18.9 Å². The molecule has 1 aliphatic heterocycles. The number of benzene rings is 1. The zero-order chi connectivity index (χ0) is 26.3. The van der Waals surface area contributed by atoms with Crippen LogP contribution in [0.5, 0.6) is 0 Å². The van der Waals surface area contributed by atoms with Crippen LogP contribution in [-0.2, 0) is 4.79 Å². The molecule has 3 aromatic rings. The van der Waals surface area contributed by atoms with E-state index in [-0.39, 0.29) is 40.8 Å². The molecule has 0 bridgehead atoms. The van der Waals surface area contributed by atoms with Crippen molar-refractivity contribution in [2.24, 2.45) is 0 Å². The molecule has 2 aromatic heterocycles. The fourth-order valence-corrected chi connectivity index (χ4v) is 4.93. The van der Waals surface area contributed by atoms with Gasteiger partial charge in [-0.3, -0.25) is 19.3 Å². The Morgan fingerprint density at radius 2 is 1.92 bits per heavy atom. The number of thioether (sulfide) groups is 1. The van der Waals surface area contributed by atoms with Gasteiger partial charge in [-0.15, -0.1) is 0 Å². The minimum absolute atomic E-state index is 0.0568. The first-order valence-electron chi connectivity index (χ1n) is 11.8. The zero-order valence-corrected chi connectivity index (χ0v) is 20.8. The number of nitrogens with zero attached hydrogens (tertiary/aromatic N) is 4. The lowest BCUT2D eigenvalue weighted by Gasteiger charge is -2.36. The quantitative estimate of drug-likeness (QED) is 0.309. The maximum Gasteiger partial charge on any atom is 0.341 e. The second-order valence-corrected chi connectivity index (χ2v) is 9.88. The molecule has 37 heavy (non-hydrogen) atoms. The van der Waals surface area contributed by atoms with Gasteiger partial charge in [-0.05, 0) is 31.2 Å². The van der Waals surface area contributed by atoms with Gasteiger partial charge < -0.3 is 24.9 Å². The number of carbonyl (C=O) groups excluding carboxylic acids is 1. The number of piperazine rings is 1. The number of carboxylic acids is 1. The Balaban J connectivity index is 1.30. The highest BCUT2D eigenvalue weighted by Gasteiger charge is 2.28. The van der Waals surface area contributed by atoms with Crippen LogP contribution < -0.4 is 21.2 Å². The van der Waals surface area contributed by atoms with Gasteiger partial charge in [-0.2, -0.15) is 0 Å². The number of hydrogen-bond donors (Lipinski definition) is 3. The number of aromatic amines is 1. The molecule has 5 rings (SSSR count). The Bertz CT molecular complexity index is 1510. The maximum atomic E-state index is 15.2. The molecule has 1 aliphatic carbocycles. The summed E-state index contributed by atoms with van der Waals surface area (Å²) in [6, 6.07) is 4.07. The number of nitrogens with one attached hydrogen (secondary N) is 2. The van der Waals surface area contributed by atoms with Crippen LogP contribution in [0, 0.1) is 5.82 Å². The molecule has 3 heterocycles. The number of pyridine rings is 1. The number of carboxylic acid groups (broad SMARTS) is 1. The van der Waals surface area contributed by atoms with Gasteiger partial charge in [-0.25, -0.2) is 14.2 Å². The van der Waals surface area contributed by atoms with Crippen molar-refractivity contribution in [1.29, 1.82) is 0 Å². The molecule has 0 unspecified atom stereocenters. The number of rotatable bonds is 7. The molecule has 1 aromatic carbocycles. The highest BCUT2D eigenvalue weighted by molar-refractivity contribution is 7.98. The second-order valence-electron chi connectivity index (χ2n) is 9.09. The summed E-state index contributed by atoms with van der Waals surface area (Å²) in [6.07, 6.45) is 4.87. The molecule has 11 nitrogen and oxygen atoms in total. The highest BCUT2D eigenvalue weighted by atomic mass is 32.2. The van der Waals surface area contributed by atoms with Crippen LogP contribution in [0.15, 0.2) is 39.1 Å². The van der Waals surface area contributed by atoms with E-state index in [2.05, 4.69) is 15.3 Å². The SMILES string of the molecule is CSc1nc(NC(=O)CN2CCN(c3cc4c(cc3F)c(=O)c(C(=O)O)cn4C3CC3)CC2)cc(=O)[nH]1. The lowest BCUT2D eigenvalue weighted by Crippen LogP contribution is -2.49. The molecule has 1 amide bonds. The summed E-state index contributed by atoms with van der Waals surface area (Å²) in [4.78, 5) is 58.9. The van der Waals surface area contributed by atoms with Crippen LogP contribution in [0.25, 0.3) is 10.9 Å². The lowest BCUT2D eigenvalue weighted by molar-refractivity contribution is -0.117. The molecule has 2 aliphatic rings. The molecule has 194 valence electrons. The summed E-state index contributed by atoms with van der Waals surface area (Å²) in [5.41, 5.74) is -0.554. The van der Waals surface area contributed by atoms with E-state index in [9.17, 15) is 24.3 Å². The van der Waals surface area contributed by atoms with Crippen molar-refractivity contribution in [3.05, 3.63) is 56.4 Å². The summed E-state index contributed by atoms with van der Waals surface area (Å²) in [5.74, 6) is -2.04. The van der Waals surface area contributed by atoms with Gasteiger partial charge in [0.2, 0.25) is 11.3 Å². The average Bonchev–Trinajstić information content (AvgIpc) is 3.69. The molecule has 0 radical (unpaired) electrons. The van der Waals surface area contributed by atoms with Crippen molar-refractivity contribution in [2.45, 2.75) is 24.0 Å². The van der Waals surface area contributed by atoms with Gasteiger partial charge in [0, 0.05) is 49.9 Å². The van der Waals surface area contributed by atoms with Crippen molar-refractivity contribution in [3.8, 4) is 0 Å². The van der Waals surface area contributed by atoms with Gasteiger partial charge in [0.15, 0.2) is 5.16 Å². The predicted octanol–water partition coefficient (Wildman–Crippen LogP) is 1.74. The Morgan fingerprint density at radius 1 is 1.19 bits per heavy atom.